The molecular formula is C26H42N4O6. The number of aliphatic hydroxyl groups excluding tert-OH is 1. The summed E-state index contributed by atoms with van der Waals surface area (Å²) in [6.07, 6.45) is 10.2. The van der Waals surface area contributed by atoms with E-state index < -0.39 is 5.41 Å². The molecule has 0 saturated carbocycles. The number of nitrogens with zero attached hydrogens (tertiary/aromatic N) is 3. The number of nitrogens with one attached hydrogen (secondary N) is 1. The number of fused-ring (bicyclic) bond motifs is 1. The van der Waals surface area contributed by atoms with E-state index in [1.807, 2.05) is 0 Å². The van der Waals surface area contributed by atoms with Gasteiger partial charge in [-0.2, -0.15) is 0 Å². The third-order valence-corrected chi connectivity index (χ3v) is 6.36. The van der Waals surface area contributed by atoms with E-state index in [1.54, 1.807) is 11.5 Å². The van der Waals surface area contributed by atoms with Crippen LogP contribution in [0.15, 0.2) is 11.1 Å². The van der Waals surface area contributed by atoms with Gasteiger partial charge in [-0.05, 0) is 26.2 Å². The third-order valence-electron chi connectivity index (χ3n) is 6.36. The number of aromatic amines is 1. The normalized spacial score (nSPS) is 11.7. The molecule has 2 rings (SSSR count). The smallest absolute Gasteiger partial charge is 0.305 e. The predicted molar refractivity (Wildman–Crippen MR) is 136 cm³/mol. The van der Waals surface area contributed by atoms with Crippen LogP contribution < -0.4 is 5.56 Å². The fourth-order valence-corrected chi connectivity index (χ4v) is 3.94. The van der Waals surface area contributed by atoms with Crippen LogP contribution in [0.4, 0.5) is 0 Å². The van der Waals surface area contributed by atoms with Crippen LogP contribution in [-0.2, 0) is 25.6 Å². The molecule has 202 valence electrons. The minimum absolute atomic E-state index is 0.0705. The van der Waals surface area contributed by atoms with Gasteiger partial charge >= 0.3 is 11.9 Å². The highest BCUT2D eigenvalue weighted by molar-refractivity contribution is 5.70. The number of unbranched alkanes of at least 4 members (excludes halogenated alkanes) is 6. The molecular weight excluding hydrogens is 464 g/mol. The molecule has 0 spiro atoms. The summed E-state index contributed by atoms with van der Waals surface area (Å²) in [4.78, 5) is 48.0. The highest BCUT2D eigenvalue weighted by Gasteiger charge is 2.33. The Kier molecular flexibility index (Phi) is 12.6. The van der Waals surface area contributed by atoms with Gasteiger partial charge in [-0.1, -0.05) is 52.4 Å². The first kappa shape index (κ1) is 29.5. The van der Waals surface area contributed by atoms with Crippen LogP contribution in [0.1, 0.15) is 90.3 Å². The number of esters is 2. The lowest BCUT2D eigenvalue weighted by atomic mass is 9.87. The van der Waals surface area contributed by atoms with Crippen LogP contribution in [0.25, 0.3) is 11.2 Å². The zero-order valence-corrected chi connectivity index (χ0v) is 22.0. The number of rotatable bonds is 18. The van der Waals surface area contributed by atoms with Gasteiger partial charge in [-0.3, -0.25) is 14.4 Å². The molecule has 10 nitrogen and oxygen atoms in total. The summed E-state index contributed by atoms with van der Waals surface area (Å²) in [5.41, 5.74) is -0.639. The molecule has 36 heavy (non-hydrogen) atoms. The van der Waals surface area contributed by atoms with E-state index in [2.05, 4.69) is 28.8 Å². The maximum absolute atomic E-state index is 12.3. The second kappa shape index (κ2) is 15.4. The van der Waals surface area contributed by atoms with Gasteiger partial charge in [0.2, 0.25) is 0 Å². The van der Waals surface area contributed by atoms with Gasteiger partial charge in [0.05, 0.1) is 18.3 Å². The number of hydrogen-bond donors (Lipinski definition) is 2. The number of aliphatic hydroxyl groups is 1. The number of carbonyl (C=O) groups excluding carboxylic acids is 2. The Hall–Kier alpha value is -2.75. The minimum atomic E-state index is -0.981. The van der Waals surface area contributed by atoms with Gasteiger partial charge in [0.25, 0.3) is 5.56 Å². The number of ether oxygens (including phenoxy) is 2. The summed E-state index contributed by atoms with van der Waals surface area (Å²) in [6, 6.07) is 0. The Morgan fingerprint density at radius 2 is 1.58 bits per heavy atom. The lowest BCUT2D eigenvalue weighted by molar-refractivity contribution is -0.157. The van der Waals surface area contributed by atoms with E-state index in [0.717, 1.165) is 51.4 Å². The van der Waals surface area contributed by atoms with Crippen molar-refractivity contribution < 1.29 is 24.2 Å². The zero-order chi connectivity index (χ0) is 26.4. The molecule has 2 N–H and O–H groups in total. The molecule has 2 aromatic rings. The highest BCUT2D eigenvalue weighted by Crippen LogP contribution is 2.26. The van der Waals surface area contributed by atoms with E-state index in [4.69, 9.17) is 9.47 Å². The maximum atomic E-state index is 12.3. The Morgan fingerprint density at radius 1 is 1.00 bits per heavy atom. The molecule has 0 unspecified atom stereocenters. The monoisotopic (exact) mass is 506 g/mol. The van der Waals surface area contributed by atoms with Gasteiger partial charge in [0.1, 0.15) is 19.0 Å². The maximum Gasteiger partial charge on any atom is 0.305 e. The van der Waals surface area contributed by atoms with E-state index >= 15 is 0 Å². The predicted octanol–water partition coefficient (Wildman–Crippen LogP) is 3.82. The van der Waals surface area contributed by atoms with Crippen LogP contribution in [0.3, 0.4) is 0 Å². The first-order valence-corrected chi connectivity index (χ1v) is 13.2. The van der Waals surface area contributed by atoms with Crippen LogP contribution in [-0.4, -0.2) is 56.4 Å². The lowest BCUT2D eigenvalue weighted by Gasteiger charge is -2.31. The second-order valence-corrected chi connectivity index (χ2v) is 9.61. The molecule has 0 bridgehead atoms. The minimum Gasteiger partial charge on any atom is -0.465 e. The number of carbonyl (C=O) groups is 2. The Morgan fingerprint density at radius 3 is 2.11 bits per heavy atom. The van der Waals surface area contributed by atoms with Crippen molar-refractivity contribution in [3.05, 3.63) is 22.5 Å². The van der Waals surface area contributed by atoms with Crippen LogP contribution in [0.5, 0.6) is 0 Å². The van der Waals surface area contributed by atoms with Crippen molar-refractivity contribution in [2.24, 2.45) is 5.41 Å². The van der Waals surface area contributed by atoms with Gasteiger partial charge in [0, 0.05) is 19.4 Å². The molecule has 0 aliphatic rings. The van der Waals surface area contributed by atoms with Crippen LogP contribution in [0, 0.1) is 12.3 Å². The first-order chi connectivity index (χ1) is 17.3. The molecule has 2 heterocycles. The SMILES string of the molecule is CCCCCCC(=O)OCC(CO)(CCn1cnc2c(=O)[nH]c(C)nc21)COC(=O)CCCCCC. The molecule has 0 fully saturated rings. The Labute approximate surface area is 212 Å². The van der Waals surface area contributed by atoms with Crippen LogP contribution >= 0.6 is 0 Å². The Balaban J connectivity index is 2.07. The average molecular weight is 507 g/mol. The van der Waals surface area contributed by atoms with Crippen molar-refractivity contribution in [1.82, 2.24) is 19.5 Å². The van der Waals surface area contributed by atoms with Crippen molar-refractivity contribution in [2.45, 2.75) is 97.9 Å². The fraction of sp³-hybridized carbons (Fsp3) is 0.731. The number of aryl methyl sites for hydroxylation is 2. The first-order valence-electron chi connectivity index (χ1n) is 13.2. The highest BCUT2D eigenvalue weighted by atomic mass is 16.5. The lowest BCUT2D eigenvalue weighted by Crippen LogP contribution is -2.39. The molecule has 0 saturated heterocycles. The van der Waals surface area contributed by atoms with Gasteiger partial charge in [-0.25, -0.2) is 9.97 Å². The summed E-state index contributed by atoms with van der Waals surface area (Å²) < 4.78 is 12.8. The molecule has 2 aromatic heterocycles. The van der Waals surface area contributed by atoms with Crippen molar-refractivity contribution in [3.63, 3.8) is 0 Å². The van der Waals surface area contributed by atoms with E-state index in [-0.39, 0.29) is 42.8 Å². The zero-order valence-electron chi connectivity index (χ0n) is 22.0. The quantitative estimate of drug-likeness (QED) is 0.230. The largest absolute Gasteiger partial charge is 0.465 e. The van der Waals surface area contributed by atoms with E-state index in [1.165, 1.54) is 6.33 Å². The third kappa shape index (κ3) is 9.37. The summed E-state index contributed by atoms with van der Waals surface area (Å²) in [6.45, 7) is 5.77. The van der Waals surface area contributed by atoms with Crippen molar-refractivity contribution in [2.75, 3.05) is 19.8 Å². The summed E-state index contributed by atoms with van der Waals surface area (Å²) in [5, 5.41) is 10.3. The number of hydrogen-bond acceptors (Lipinski definition) is 8. The van der Waals surface area contributed by atoms with Crippen molar-refractivity contribution >= 4 is 23.1 Å². The van der Waals surface area contributed by atoms with Crippen molar-refractivity contribution in [3.8, 4) is 0 Å². The summed E-state index contributed by atoms with van der Waals surface area (Å²) in [5.74, 6) is -0.185. The van der Waals surface area contributed by atoms with Crippen molar-refractivity contribution in [1.29, 1.82) is 0 Å². The standard InChI is InChI=1S/C26H42N4O6/c1-4-6-8-10-12-21(32)35-17-26(16-31,18-36-22(33)13-11-9-7-5-2)14-15-30-19-27-23-24(30)28-20(3)29-25(23)34/h19,31H,4-18H2,1-3H3,(H,28,29,34). The molecule has 0 aliphatic carbocycles. The molecule has 0 aromatic carbocycles. The van der Waals surface area contributed by atoms with Gasteiger partial charge < -0.3 is 24.1 Å². The molecule has 0 radical (unpaired) electrons. The molecule has 0 amide bonds. The number of H-pyrrole nitrogens is 1. The van der Waals surface area contributed by atoms with Gasteiger partial charge in [0.15, 0.2) is 11.2 Å². The topological polar surface area (TPSA) is 136 Å². The average Bonchev–Trinajstić information content (AvgIpc) is 3.27. The second-order valence-electron chi connectivity index (χ2n) is 9.61. The van der Waals surface area contributed by atoms with E-state index in [0.29, 0.717) is 37.3 Å². The molecule has 10 heteroatoms. The fourth-order valence-electron chi connectivity index (χ4n) is 3.94. The molecule has 0 atom stereocenters. The number of imidazole rings is 1. The molecule has 0 aliphatic heterocycles. The number of aromatic nitrogens is 4. The summed E-state index contributed by atoms with van der Waals surface area (Å²) >= 11 is 0. The van der Waals surface area contributed by atoms with Gasteiger partial charge in [-0.15, -0.1) is 0 Å². The van der Waals surface area contributed by atoms with E-state index in [9.17, 15) is 19.5 Å². The Bertz CT molecular complexity index is 988. The summed E-state index contributed by atoms with van der Waals surface area (Å²) in [7, 11) is 0. The van der Waals surface area contributed by atoms with Crippen LogP contribution in [0.2, 0.25) is 0 Å².